The maximum Gasteiger partial charge on any atom is 0.152 e. The van der Waals surface area contributed by atoms with Crippen LogP contribution in [0, 0.1) is 0 Å². The van der Waals surface area contributed by atoms with E-state index < -0.39 is 0 Å². The highest BCUT2D eigenvalue weighted by Crippen LogP contribution is 2.10. The Kier molecular flexibility index (Phi) is 3.00. The van der Waals surface area contributed by atoms with E-state index in [0.29, 0.717) is 0 Å². The van der Waals surface area contributed by atoms with E-state index in [2.05, 4.69) is 10.1 Å². The van der Waals surface area contributed by atoms with E-state index in [1.165, 1.54) is 0 Å². The molecule has 0 aliphatic carbocycles. The van der Waals surface area contributed by atoms with Crippen molar-refractivity contribution in [3.63, 3.8) is 0 Å². The number of aryl methyl sites for hydroxylation is 1. The highest BCUT2D eigenvalue weighted by atomic mass is 15.4. The molecule has 4 heteroatoms. The summed E-state index contributed by atoms with van der Waals surface area (Å²) in [6, 6.07) is 9.98. The molecule has 0 amide bonds. The second-order valence-corrected chi connectivity index (χ2v) is 3.50. The Hall–Kier alpha value is -2.10. The lowest BCUT2D eigenvalue weighted by molar-refractivity contribution is 0.897. The van der Waals surface area contributed by atoms with Crippen molar-refractivity contribution in [3.8, 4) is 0 Å². The minimum absolute atomic E-state index is 0.836. The molecular weight excluding hydrogens is 200 g/mol. The van der Waals surface area contributed by atoms with Crippen molar-refractivity contribution in [2.75, 3.05) is 12.1 Å². The van der Waals surface area contributed by atoms with Crippen molar-refractivity contribution >= 4 is 11.9 Å². The van der Waals surface area contributed by atoms with Crippen molar-refractivity contribution in [2.24, 2.45) is 12.1 Å². The Balaban J connectivity index is 2.11. The Labute approximate surface area is 94.8 Å². The molecule has 0 saturated carbocycles. The van der Waals surface area contributed by atoms with E-state index in [1.54, 1.807) is 12.4 Å². The highest BCUT2D eigenvalue weighted by Gasteiger charge is 1.97. The summed E-state index contributed by atoms with van der Waals surface area (Å²) in [7, 11) is 3.85. The largest absolute Gasteiger partial charge is 0.333 e. The van der Waals surface area contributed by atoms with E-state index in [-0.39, 0.29) is 0 Å². The fourth-order valence-electron chi connectivity index (χ4n) is 1.35. The third kappa shape index (κ3) is 2.28. The van der Waals surface area contributed by atoms with Crippen LogP contribution in [-0.4, -0.2) is 22.8 Å². The van der Waals surface area contributed by atoms with Crippen molar-refractivity contribution in [3.05, 3.63) is 48.5 Å². The molecule has 0 atom stereocenters. The number of rotatable bonds is 3. The summed E-state index contributed by atoms with van der Waals surface area (Å²) in [5.41, 5.74) is 1.05. The summed E-state index contributed by atoms with van der Waals surface area (Å²) in [4.78, 5) is 4.17. The zero-order valence-corrected chi connectivity index (χ0v) is 9.41. The van der Waals surface area contributed by atoms with Gasteiger partial charge in [0.15, 0.2) is 5.82 Å². The monoisotopic (exact) mass is 214 g/mol. The molecule has 1 heterocycles. The minimum atomic E-state index is 0.836. The molecule has 2 aromatic rings. The Bertz CT molecular complexity index is 473. The van der Waals surface area contributed by atoms with Crippen LogP contribution in [0.4, 0.5) is 5.69 Å². The second kappa shape index (κ2) is 4.61. The van der Waals surface area contributed by atoms with Crippen LogP contribution in [0.15, 0.2) is 47.8 Å². The van der Waals surface area contributed by atoms with Gasteiger partial charge in [0.2, 0.25) is 0 Å². The van der Waals surface area contributed by atoms with Gasteiger partial charge in [-0.05, 0) is 12.1 Å². The van der Waals surface area contributed by atoms with Crippen molar-refractivity contribution < 1.29 is 0 Å². The third-order valence-corrected chi connectivity index (χ3v) is 2.33. The van der Waals surface area contributed by atoms with Gasteiger partial charge in [-0.25, -0.2) is 4.98 Å². The highest BCUT2D eigenvalue weighted by molar-refractivity contribution is 5.75. The van der Waals surface area contributed by atoms with Crippen LogP contribution in [0.3, 0.4) is 0 Å². The number of para-hydroxylation sites is 1. The molecule has 82 valence electrons. The Morgan fingerprint density at radius 2 is 2.06 bits per heavy atom. The molecule has 0 unspecified atom stereocenters. The Morgan fingerprint density at radius 3 is 2.69 bits per heavy atom. The molecule has 16 heavy (non-hydrogen) atoms. The molecule has 1 aromatic heterocycles. The van der Waals surface area contributed by atoms with Gasteiger partial charge in [-0.15, -0.1) is 0 Å². The lowest BCUT2D eigenvalue weighted by atomic mass is 10.3. The van der Waals surface area contributed by atoms with Crippen LogP contribution >= 0.6 is 0 Å². The van der Waals surface area contributed by atoms with Gasteiger partial charge in [0.1, 0.15) is 0 Å². The normalized spacial score (nSPS) is 10.9. The Morgan fingerprint density at radius 1 is 1.31 bits per heavy atom. The molecule has 0 aliphatic rings. The van der Waals surface area contributed by atoms with Crippen molar-refractivity contribution in [2.45, 2.75) is 0 Å². The molecule has 0 radical (unpaired) electrons. The molecule has 0 fully saturated rings. The summed E-state index contributed by atoms with van der Waals surface area (Å²) in [6.07, 6.45) is 5.39. The topological polar surface area (TPSA) is 33.4 Å². The molecule has 0 spiro atoms. The summed E-state index contributed by atoms with van der Waals surface area (Å²) < 4.78 is 1.92. The predicted octanol–water partition coefficient (Wildman–Crippen LogP) is 1.89. The SMILES string of the molecule is CN(/N=C/c1nccn1C)c1ccccc1. The van der Waals surface area contributed by atoms with E-state index in [1.807, 2.05) is 60.2 Å². The predicted molar refractivity (Wildman–Crippen MR) is 65.6 cm³/mol. The molecule has 0 aliphatic heterocycles. The van der Waals surface area contributed by atoms with Gasteiger partial charge in [0, 0.05) is 26.5 Å². The van der Waals surface area contributed by atoms with Gasteiger partial charge in [0.05, 0.1) is 11.9 Å². The van der Waals surface area contributed by atoms with Crippen molar-refractivity contribution in [1.82, 2.24) is 9.55 Å². The number of anilines is 1. The van der Waals surface area contributed by atoms with Crippen LogP contribution in [0.2, 0.25) is 0 Å². The first-order valence-corrected chi connectivity index (χ1v) is 5.07. The molecule has 1 aromatic carbocycles. The number of aromatic nitrogens is 2. The first kappa shape index (κ1) is 10.4. The number of benzene rings is 1. The lowest BCUT2D eigenvalue weighted by Crippen LogP contribution is -2.09. The van der Waals surface area contributed by atoms with Crippen LogP contribution in [0.25, 0.3) is 0 Å². The fourth-order valence-corrected chi connectivity index (χ4v) is 1.35. The smallest absolute Gasteiger partial charge is 0.152 e. The third-order valence-electron chi connectivity index (χ3n) is 2.33. The first-order chi connectivity index (χ1) is 7.77. The van der Waals surface area contributed by atoms with E-state index in [4.69, 9.17) is 0 Å². The maximum absolute atomic E-state index is 4.32. The van der Waals surface area contributed by atoms with Gasteiger partial charge in [-0.1, -0.05) is 18.2 Å². The van der Waals surface area contributed by atoms with Gasteiger partial charge in [-0.3, -0.25) is 5.01 Å². The van der Waals surface area contributed by atoms with E-state index in [9.17, 15) is 0 Å². The van der Waals surface area contributed by atoms with Crippen molar-refractivity contribution in [1.29, 1.82) is 0 Å². The van der Waals surface area contributed by atoms with Gasteiger partial charge in [-0.2, -0.15) is 5.10 Å². The zero-order chi connectivity index (χ0) is 11.4. The van der Waals surface area contributed by atoms with Crippen LogP contribution in [0.5, 0.6) is 0 Å². The fraction of sp³-hybridized carbons (Fsp3) is 0.167. The summed E-state index contributed by atoms with van der Waals surface area (Å²) in [5.74, 6) is 0.836. The molecular formula is C12H14N4. The van der Waals surface area contributed by atoms with Gasteiger partial charge in [0.25, 0.3) is 0 Å². The maximum atomic E-state index is 4.32. The summed E-state index contributed by atoms with van der Waals surface area (Å²) >= 11 is 0. The average Bonchev–Trinajstić information content (AvgIpc) is 2.73. The average molecular weight is 214 g/mol. The van der Waals surface area contributed by atoms with Crippen LogP contribution < -0.4 is 5.01 Å². The summed E-state index contributed by atoms with van der Waals surface area (Å²) in [6.45, 7) is 0. The first-order valence-electron chi connectivity index (χ1n) is 5.07. The standard InChI is InChI=1S/C12H14N4/c1-15-9-8-13-12(15)10-14-16(2)11-6-4-3-5-7-11/h3-10H,1-2H3/b14-10+. The molecule has 4 nitrogen and oxygen atoms in total. The van der Waals surface area contributed by atoms with E-state index in [0.717, 1.165) is 11.5 Å². The second-order valence-electron chi connectivity index (χ2n) is 3.50. The number of hydrazone groups is 1. The van der Waals surface area contributed by atoms with Crippen LogP contribution in [0.1, 0.15) is 5.82 Å². The molecule has 0 N–H and O–H groups in total. The summed E-state index contributed by atoms with van der Waals surface area (Å²) in [5, 5.41) is 6.14. The molecule has 0 saturated heterocycles. The molecule has 2 rings (SSSR count). The number of hydrogen-bond donors (Lipinski definition) is 0. The number of nitrogens with zero attached hydrogens (tertiary/aromatic N) is 4. The van der Waals surface area contributed by atoms with Gasteiger partial charge < -0.3 is 4.57 Å². The number of imidazole rings is 1. The zero-order valence-electron chi connectivity index (χ0n) is 9.41. The lowest BCUT2D eigenvalue weighted by Gasteiger charge is -2.11. The van der Waals surface area contributed by atoms with Gasteiger partial charge >= 0.3 is 0 Å². The minimum Gasteiger partial charge on any atom is -0.333 e. The van der Waals surface area contributed by atoms with E-state index >= 15 is 0 Å². The molecule has 0 bridgehead atoms. The van der Waals surface area contributed by atoms with Crippen LogP contribution in [-0.2, 0) is 7.05 Å². The quantitative estimate of drug-likeness (QED) is 0.577. The number of hydrogen-bond acceptors (Lipinski definition) is 3.